The predicted molar refractivity (Wildman–Crippen MR) is 122 cm³/mol. The van der Waals surface area contributed by atoms with Crippen LogP contribution in [0.15, 0.2) is 47.3 Å². The van der Waals surface area contributed by atoms with Crippen molar-refractivity contribution in [2.24, 2.45) is 5.92 Å². The zero-order valence-electron chi connectivity index (χ0n) is 18.0. The summed E-state index contributed by atoms with van der Waals surface area (Å²) < 4.78 is 7.58. The highest BCUT2D eigenvalue weighted by atomic mass is 16.5. The second-order valence-electron chi connectivity index (χ2n) is 9.17. The van der Waals surface area contributed by atoms with Crippen LogP contribution in [0.3, 0.4) is 0 Å². The van der Waals surface area contributed by atoms with E-state index in [4.69, 9.17) is 4.74 Å². The molecule has 0 spiro atoms. The third-order valence-corrected chi connectivity index (χ3v) is 6.66. The molecule has 1 aliphatic heterocycles. The minimum Gasteiger partial charge on any atom is -0.493 e. The number of para-hydroxylation sites is 1. The predicted octanol–water partition coefficient (Wildman–Crippen LogP) is 3.54. The average molecular weight is 422 g/mol. The van der Waals surface area contributed by atoms with Crippen molar-refractivity contribution in [1.29, 1.82) is 0 Å². The van der Waals surface area contributed by atoms with E-state index in [1.807, 2.05) is 18.2 Å². The maximum Gasteiger partial charge on any atom is 0.326 e. The van der Waals surface area contributed by atoms with E-state index in [-0.39, 0.29) is 17.8 Å². The van der Waals surface area contributed by atoms with Crippen LogP contribution in [-0.4, -0.2) is 33.3 Å². The van der Waals surface area contributed by atoms with Crippen LogP contribution in [0, 0.1) is 5.92 Å². The Labute approximate surface area is 182 Å². The minimum absolute atomic E-state index is 0.0851. The molecule has 31 heavy (non-hydrogen) atoms. The van der Waals surface area contributed by atoms with Gasteiger partial charge in [0.05, 0.1) is 23.7 Å². The monoisotopic (exact) mass is 421 g/mol. The van der Waals surface area contributed by atoms with Gasteiger partial charge in [-0.1, -0.05) is 24.3 Å². The van der Waals surface area contributed by atoms with E-state index in [1.54, 1.807) is 4.57 Å². The number of aromatic nitrogens is 2. The molecule has 2 aliphatic rings. The number of benzene rings is 2. The molecule has 6 nitrogen and oxygen atoms in total. The van der Waals surface area contributed by atoms with Crippen molar-refractivity contribution in [2.75, 3.05) is 6.61 Å². The fourth-order valence-corrected chi connectivity index (χ4v) is 4.60. The Morgan fingerprint density at radius 2 is 2.00 bits per heavy atom. The molecule has 2 aromatic carbocycles. The maximum absolute atomic E-state index is 12.3. The molecule has 3 aromatic rings. The summed E-state index contributed by atoms with van der Waals surface area (Å²) in [5.41, 5.74) is 3.63. The summed E-state index contributed by atoms with van der Waals surface area (Å²) >= 11 is 0. The van der Waals surface area contributed by atoms with Gasteiger partial charge in [-0.3, -0.25) is 4.57 Å². The van der Waals surface area contributed by atoms with Crippen molar-refractivity contribution >= 4 is 11.0 Å². The summed E-state index contributed by atoms with van der Waals surface area (Å²) in [5, 5.41) is 14.7. The molecule has 0 radical (unpaired) electrons. The Bertz CT molecular complexity index is 1100. The molecule has 6 heteroatoms. The minimum atomic E-state index is -0.641. The molecule has 1 aromatic heterocycles. The first-order valence-corrected chi connectivity index (χ1v) is 11.5. The highest BCUT2D eigenvalue weighted by molar-refractivity contribution is 5.79. The quantitative estimate of drug-likeness (QED) is 0.520. The van der Waals surface area contributed by atoms with E-state index in [0.717, 1.165) is 47.7 Å². The lowest BCUT2D eigenvalue weighted by Crippen LogP contribution is -2.41. The average Bonchev–Trinajstić information content (AvgIpc) is 3.56. The number of nitrogens with zero attached hydrogens (tertiary/aromatic N) is 1. The van der Waals surface area contributed by atoms with Gasteiger partial charge in [0, 0.05) is 24.2 Å². The molecule has 3 N–H and O–H groups in total. The number of H-pyrrole nitrogens is 1. The number of nitrogens with one attached hydrogen (secondary N) is 2. The number of ether oxygens (including phenoxy) is 1. The smallest absolute Gasteiger partial charge is 0.326 e. The van der Waals surface area contributed by atoms with Crippen molar-refractivity contribution in [3.8, 4) is 5.75 Å². The van der Waals surface area contributed by atoms with Crippen molar-refractivity contribution < 1.29 is 9.84 Å². The molecular weight excluding hydrogens is 390 g/mol. The third kappa shape index (κ3) is 4.41. The number of hydrogen-bond acceptors (Lipinski definition) is 4. The first kappa shape index (κ1) is 20.3. The van der Waals surface area contributed by atoms with Gasteiger partial charge in [0.1, 0.15) is 5.75 Å². The van der Waals surface area contributed by atoms with Gasteiger partial charge in [0.2, 0.25) is 0 Å². The van der Waals surface area contributed by atoms with Crippen LogP contribution < -0.4 is 15.7 Å². The molecule has 0 saturated heterocycles. The normalized spacial score (nSPS) is 21.7. The number of aryl methyl sites for hydroxylation is 2. The number of aliphatic hydroxyl groups excluding tert-OH is 1. The lowest BCUT2D eigenvalue weighted by Gasteiger charge is -2.26. The van der Waals surface area contributed by atoms with Crippen LogP contribution >= 0.6 is 0 Å². The third-order valence-electron chi connectivity index (χ3n) is 6.66. The maximum atomic E-state index is 12.3. The van der Waals surface area contributed by atoms with E-state index >= 15 is 0 Å². The van der Waals surface area contributed by atoms with Gasteiger partial charge in [-0.2, -0.15) is 0 Å². The molecule has 164 valence electrons. The molecule has 5 rings (SSSR count). The van der Waals surface area contributed by atoms with Crippen LogP contribution in [0.1, 0.15) is 49.8 Å². The Hall–Kier alpha value is -2.57. The summed E-state index contributed by atoms with van der Waals surface area (Å²) in [5.74, 6) is 1.72. The molecule has 0 bridgehead atoms. The van der Waals surface area contributed by atoms with E-state index in [9.17, 15) is 9.90 Å². The lowest BCUT2D eigenvalue weighted by molar-refractivity contribution is 0.119. The number of aromatic amines is 1. The van der Waals surface area contributed by atoms with Crippen LogP contribution in [0.2, 0.25) is 0 Å². The molecule has 3 atom stereocenters. The van der Waals surface area contributed by atoms with E-state index in [2.05, 4.69) is 41.5 Å². The Morgan fingerprint density at radius 3 is 2.77 bits per heavy atom. The number of aliphatic hydroxyl groups is 1. The standard InChI is InChI=1S/C25H31N3O3/c1-16(5-6-17-9-11-19(12-10-17)31-15-18-7-8-18)26-22-13-14-28-23-20(24(22)29)3-2-4-21(23)27-25(28)30/h2-4,9-12,16,18,22,24,26,29H,5-8,13-15H2,1H3,(H,27,30)/t16?,22-,24-/m1/s1. The zero-order valence-corrected chi connectivity index (χ0v) is 18.0. The number of rotatable bonds is 8. The van der Waals surface area contributed by atoms with E-state index in [0.29, 0.717) is 13.0 Å². The molecule has 1 unspecified atom stereocenters. The first-order chi connectivity index (χ1) is 15.1. The Kier molecular flexibility index (Phi) is 5.59. The summed E-state index contributed by atoms with van der Waals surface area (Å²) in [7, 11) is 0. The lowest BCUT2D eigenvalue weighted by atomic mass is 9.98. The summed E-state index contributed by atoms with van der Waals surface area (Å²) in [6, 6.07) is 14.3. The van der Waals surface area contributed by atoms with Gasteiger partial charge in [-0.15, -0.1) is 0 Å². The molecular formula is C25H31N3O3. The van der Waals surface area contributed by atoms with E-state index in [1.165, 1.54) is 18.4 Å². The number of hydrogen-bond donors (Lipinski definition) is 3. The topological polar surface area (TPSA) is 79.3 Å². The van der Waals surface area contributed by atoms with Crippen LogP contribution in [-0.2, 0) is 13.0 Å². The van der Waals surface area contributed by atoms with Crippen molar-refractivity contribution in [1.82, 2.24) is 14.9 Å². The highest BCUT2D eigenvalue weighted by Crippen LogP contribution is 2.31. The summed E-state index contributed by atoms with van der Waals surface area (Å²) in [6.07, 6.45) is 4.61. The fourth-order valence-electron chi connectivity index (χ4n) is 4.60. The Morgan fingerprint density at radius 1 is 1.19 bits per heavy atom. The van der Waals surface area contributed by atoms with Crippen LogP contribution in [0.5, 0.6) is 5.75 Å². The number of imidazole rings is 1. The molecule has 2 heterocycles. The van der Waals surface area contributed by atoms with Gasteiger partial charge in [-0.25, -0.2) is 4.79 Å². The zero-order chi connectivity index (χ0) is 21.4. The fraction of sp³-hybridized carbons (Fsp3) is 0.480. The highest BCUT2D eigenvalue weighted by Gasteiger charge is 2.29. The van der Waals surface area contributed by atoms with Gasteiger partial charge in [-0.05, 0) is 68.7 Å². The Balaban J connectivity index is 1.18. The van der Waals surface area contributed by atoms with Gasteiger partial charge in [0.15, 0.2) is 0 Å². The van der Waals surface area contributed by atoms with Gasteiger partial charge in [0.25, 0.3) is 0 Å². The van der Waals surface area contributed by atoms with Crippen LogP contribution in [0.4, 0.5) is 0 Å². The van der Waals surface area contributed by atoms with Gasteiger partial charge >= 0.3 is 5.69 Å². The molecule has 1 fully saturated rings. The van der Waals surface area contributed by atoms with Gasteiger partial charge < -0.3 is 20.1 Å². The van der Waals surface area contributed by atoms with Crippen molar-refractivity contribution in [2.45, 2.75) is 63.8 Å². The molecule has 0 amide bonds. The molecule has 1 aliphatic carbocycles. The van der Waals surface area contributed by atoms with E-state index < -0.39 is 6.10 Å². The van der Waals surface area contributed by atoms with Crippen molar-refractivity contribution in [3.63, 3.8) is 0 Å². The summed E-state index contributed by atoms with van der Waals surface area (Å²) in [6.45, 7) is 3.60. The molecule has 1 saturated carbocycles. The second kappa shape index (κ2) is 8.52. The SMILES string of the molecule is CC(CCc1ccc(OCC2CC2)cc1)N[C@@H]1CCn2c(=O)[nH]c3cccc(c32)[C@H]1O. The summed E-state index contributed by atoms with van der Waals surface area (Å²) in [4.78, 5) is 15.2. The largest absolute Gasteiger partial charge is 0.493 e. The second-order valence-corrected chi connectivity index (χ2v) is 9.17. The van der Waals surface area contributed by atoms with Crippen LogP contribution in [0.25, 0.3) is 11.0 Å². The van der Waals surface area contributed by atoms with Crippen molar-refractivity contribution in [3.05, 3.63) is 64.1 Å². The first-order valence-electron chi connectivity index (χ1n) is 11.5.